The van der Waals surface area contributed by atoms with E-state index in [2.05, 4.69) is 46.9 Å². The Morgan fingerprint density at radius 3 is 2.43 bits per heavy atom. The first-order chi connectivity index (χ1) is 13.3. The summed E-state index contributed by atoms with van der Waals surface area (Å²) >= 11 is 1.57. The summed E-state index contributed by atoms with van der Waals surface area (Å²) in [6.45, 7) is 11.2. The number of amides is 2. The summed E-state index contributed by atoms with van der Waals surface area (Å²) in [6, 6.07) is 9.78. The van der Waals surface area contributed by atoms with Crippen molar-refractivity contribution in [3.63, 3.8) is 0 Å². The van der Waals surface area contributed by atoms with Gasteiger partial charge in [-0.1, -0.05) is 39.0 Å². The molecule has 0 fully saturated rings. The Balaban J connectivity index is 1.58. The molecule has 2 aromatic heterocycles. The van der Waals surface area contributed by atoms with Gasteiger partial charge in [0, 0.05) is 28.6 Å². The minimum absolute atomic E-state index is 0.0188. The fourth-order valence-corrected chi connectivity index (χ4v) is 3.84. The van der Waals surface area contributed by atoms with Crippen molar-refractivity contribution in [3.05, 3.63) is 63.4 Å². The third kappa shape index (κ3) is 4.59. The van der Waals surface area contributed by atoms with Crippen molar-refractivity contribution in [2.45, 2.75) is 53.1 Å². The highest BCUT2D eigenvalue weighted by atomic mass is 32.1. The number of carbonyl (C=O) groups excluding carboxylic acids is 1. The molecule has 6 nitrogen and oxygen atoms in total. The first-order valence-corrected chi connectivity index (χ1v) is 10.2. The molecule has 0 aliphatic rings. The highest BCUT2D eigenvalue weighted by Gasteiger charge is 2.18. The van der Waals surface area contributed by atoms with Crippen LogP contribution in [0.1, 0.15) is 48.4 Å². The van der Waals surface area contributed by atoms with Gasteiger partial charge in [-0.05, 0) is 26.0 Å². The van der Waals surface area contributed by atoms with E-state index in [9.17, 15) is 4.79 Å². The van der Waals surface area contributed by atoms with Crippen molar-refractivity contribution in [2.75, 3.05) is 0 Å². The van der Waals surface area contributed by atoms with Crippen LogP contribution in [0.3, 0.4) is 0 Å². The number of aryl methyl sites for hydroxylation is 1. The molecule has 0 saturated heterocycles. The Bertz CT molecular complexity index is 953. The number of thiazole rings is 1. The fourth-order valence-electron chi connectivity index (χ4n) is 2.88. The molecule has 0 saturated carbocycles. The number of rotatable bonds is 5. The van der Waals surface area contributed by atoms with Crippen molar-refractivity contribution in [3.8, 4) is 5.69 Å². The zero-order valence-electron chi connectivity index (χ0n) is 17.0. The normalized spacial score (nSPS) is 11.5. The minimum atomic E-state index is -0.209. The highest BCUT2D eigenvalue weighted by molar-refractivity contribution is 7.09. The Hall–Kier alpha value is -2.67. The van der Waals surface area contributed by atoms with Gasteiger partial charge in [-0.25, -0.2) is 14.5 Å². The largest absolute Gasteiger partial charge is 0.334 e. The molecule has 0 unspecified atom stereocenters. The first-order valence-electron chi connectivity index (χ1n) is 9.33. The summed E-state index contributed by atoms with van der Waals surface area (Å²) in [5, 5.41) is 13.4. The van der Waals surface area contributed by atoms with E-state index in [1.54, 1.807) is 11.3 Å². The lowest BCUT2D eigenvalue weighted by atomic mass is 9.93. The number of hydrogen-bond donors (Lipinski definition) is 2. The highest BCUT2D eigenvalue weighted by Crippen LogP contribution is 2.23. The zero-order chi connectivity index (χ0) is 20.3. The van der Waals surface area contributed by atoms with Crippen molar-refractivity contribution < 1.29 is 4.79 Å². The molecular weight excluding hydrogens is 370 g/mol. The van der Waals surface area contributed by atoms with Crippen molar-refractivity contribution in [1.29, 1.82) is 0 Å². The Morgan fingerprint density at radius 2 is 1.79 bits per heavy atom. The number of hydrogen-bond acceptors (Lipinski definition) is 4. The molecule has 7 heteroatoms. The fraction of sp³-hybridized carbons (Fsp3) is 0.381. The van der Waals surface area contributed by atoms with Crippen molar-refractivity contribution in [2.24, 2.45) is 0 Å². The van der Waals surface area contributed by atoms with Gasteiger partial charge in [-0.2, -0.15) is 5.10 Å². The van der Waals surface area contributed by atoms with Gasteiger partial charge in [0.25, 0.3) is 0 Å². The molecule has 3 aromatic rings. The van der Waals surface area contributed by atoms with E-state index in [0.29, 0.717) is 13.1 Å². The summed E-state index contributed by atoms with van der Waals surface area (Å²) in [5.74, 6) is 0. The second kappa shape index (κ2) is 8.14. The van der Waals surface area contributed by atoms with Crippen LogP contribution in [-0.4, -0.2) is 20.8 Å². The number of benzene rings is 1. The van der Waals surface area contributed by atoms with E-state index >= 15 is 0 Å². The number of nitrogens with zero attached hydrogens (tertiary/aromatic N) is 3. The predicted molar refractivity (Wildman–Crippen MR) is 113 cm³/mol. The molecular formula is C21H27N5OS. The molecule has 148 valence electrons. The zero-order valence-corrected chi connectivity index (χ0v) is 17.9. The number of urea groups is 1. The molecule has 0 bridgehead atoms. The summed E-state index contributed by atoms with van der Waals surface area (Å²) in [6.07, 6.45) is 0. The van der Waals surface area contributed by atoms with Gasteiger partial charge in [-0.15, -0.1) is 11.3 Å². The topological polar surface area (TPSA) is 71.8 Å². The predicted octanol–water partition coefficient (Wildman–Crippen LogP) is 4.24. The maximum Gasteiger partial charge on any atom is 0.315 e. The van der Waals surface area contributed by atoms with Crippen LogP contribution in [0.15, 0.2) is 35.7 Å². The summed E-state index contributed by atoms with van der Waals surface area (Å²) in [7, 11) is 0. The summed E-state index contributed by atoms with van der Waals surface area (Å²) < 4.78 is 1.91. The molecule has 0 aliphatic heterocycles. The first kappa shape index (κ1) is 20.1. The molecule has 0 atom stereocenters. The quantitative estimate of drug-likeness (QED) is 0.676. The number of para-hydroxylation sites is 1. The second-order valence-corrected chi connectivity index (χ2v) is 8.75. The van der Waals surface area contributed by atoms with Gasteiger partial charge >= 0.3 is 6.03 Å². The van der Waals surface area contributed by atoms with Crippen LogP contribution in [0.25, 0.3) is 5.69 Å². The van der Waals surface area contributed by atoms with E-state index in [4.69, 9.17) is 0 Å². The molecule has 0 radical (unpaired) electrons. The van der Waals surface area contributed by atoms with Crippen LogP contribution in [0.2, 0.25) is 0 Å². The van der Waals surface area contributed by atoms with E-state index < -0.39 is 0 Å². The van der Waals surface area contributed by atoms with Crippen molar-refractivity contribution >= 4 is 17.4 Å². The molecule has 0 aliphatic carbocycles. The maximum atomic E-state index is 12.2. The average Bonchev–Trinajstić information content (AvgIpc) is 3.24. The monoisotopic (exact) mass is 397 g/mol. The van der Waals surface area contributed by atoms with Gasteiger partial charge in [0.2, 0.25) is 0 Å². The molecule has 3 rings (SSSR count). The van der Waals surface area contributed by atoms with Crippen LogP contribution in [0, 0.1) is 13.8 Å². The van der Waals surface area contributed by atoms with Gasteiger partial charge < -0.3 is 10.6 Å². The molecule has 2 heterocycles. The molecule has 1 aromatic carbocycles. The number of aromatic nitrogens is 3. The molecule has 2 amide bonds. The second-order valence-electron chi connectivity index (χ2n) is 7.81. The lowest BCUT2D eigenvalue weighted by Gasteiger charge is -2.14. The standard InChI is InChI=1S/C21H27N5OS/c1-14-17(15(2)26(25-14)16-9-7-6-8-10-16)11-22-20(27)23-12-19-24-18(13-28-19)21(3,4)5/h6-10,13H,11-12H2,1-5H3,(H2,22,23,27). The third-order valence-electron chi connectivity index (χ3n) is 4.59. The summed E-state index contributed by atoms with van der Waals surface area (Å²) in [5.41, 5.74) is 5.05. The van der Waals surface area contributed by atoms with Crippen LogP contribution < -0.4 is 10.6 Å². The van der Waals surface area contributed by atoms with Gasteiger partial charge in [0.15, 0.2) is 0 Å². The van der Waals surface area contributed by atoms with E-state index in [1.165, 1.54) is 0 Å². The van der Waals surface area contributed by atoms with Gasteiger partial charge in [-0.3, -0.25) is 0 Å². The van der Waals surface area contributed by atoms with E-state index in [-0.39, 0.29) is 11.4 Å². The van der Waals surface area contributed by atoms with Gasteiger partial charge in [0.1, 0.15) is 5.01 Å². The van der Waals surface area contributed by atoms with Crippen molar-refractivity contribution in [1.82, 2.24) is 25.4 Å². The Morgan fingerprint density at radius 1 is 1.11 bits per heavy atom. The Labute approximate surface area is 170 Å². The van der Waals surface area contributed by atoms with Crippen LogP contribution in [0.4, 0.5) is 4.79 Å². The van der Waals surface area contributed by atoms with Crippen LogP contribution in [-0.2, 0) is 18.5 Å². The number of carbonyl (C=O) groups is 1. The van der Waals surface area contributed by atoms with Crippen LogP contribution >= 0.6 is 11.3 Å². The lowest BCUT2D eigenvalue weighted by Crippen LogP contribution is -2.34. The van der Waals surface area contributed by atoms with Gasteiger partial charge in [0.05, 0.1) is 23.6 Å². The summed E-state index contributed by atoms with van der Waals surface area (Å²) in [4.78, 5) is 16.8. The smallest absolute Gasteiger partial charge is 0.315 e. The molecule has 0 spiro atoms. The van der Waals surface area contributed by atoms with Crippen LogP contribution in [0.5, 0.6) is 0 Å². The molecule has 28 heavy (non-hydrogen) atoms. The molecule has 2 N–H and O–H groups in total. The Kier molecular flexibility index (Phi) is 5.84. The minimum Gasteiger partial charge on any atom is -0.334 e. The number of nitrogens with one attached hydrogen (secondary N) is 2. The SMILES string of the molecule is Cc1nn(-c2ccccc2)c(C)c1CNC(=O)NCc1nc(C(C)(C)C)cs1. The maximum absolute atomic E-state index is 12.2. The lowest BCUT2D eigenvalue weighted by molar-refractivity contribution is 0.240. The average molecular weight is 398 g/mol. The van der Waals surface area contributed by atoms with E-state index in [1.807, 2.05) is 48.9 Å². The van der Waals surface area contributed by atoms with E-state index in [0.717, 1.165) is 33.3 Å². The third-order valence-corrected chi connectivity index (χ3v) is 5.44.